The van der Waals surface area contributed by atoms with Gasteiger partial charge in [-0.3, -0.25) is 0 Å². The molecule has 0 aliphatic rings. The van der Waals surface area contributed by atoms with E-state index in [-0.39, 0.29) is 25.4 Å². The number of aliphatic hydroxyl groups is 2. The Morgan fingerprint density at radius 3 is 1.86 bits per heavy atom. The fourth-order valence-electron chi connectivity index (χ4n) is 0.970. The molecule has 0 fully saturated rings. The summed E-state index contributed by atoms with van der Waals surface area (Å²) in [7, 11) is 0. The second-order valence-electron chi connectivity index (χ2n) is 5.06. The first-order valence-corrected chi connectivity index (χ1v) is 7.09. The highest BCUT2D eigenvalue weighted by Crippen LogP contribution is 2.03. The monoisotopic (exact) mass is 316 g/mol. The minimum atomic E-state index is -0.432. The van der Waals surface area contributed by atoms with Crippen LogP contribution in [0.1, 0.15) is 40.5 Å². The number of carbonyl (C=O) groups is 2. The van der Waals surface area contributed by atoms with E-state index < -0.39 is 11.9 Å². The van der Waals surface area contributed by atoms with Crippen molar-refractivity contribution in [2.24, 2.45) is 0 Å². The van der Waals surface area contributed by atoms with Gasteiger partial charge in [-0.05, 0) is 34.1 Å². The molecule has 0 aromatic heterocycles. The van der Waals surface area contributed by atoms with Gasteiger partial charge < -0.3 is 19.7 Å². The van der Waals surface area contributed by atoms with E-state index in [1.54, 1.807) is 27.7 Å². The summed E-state index contributed by atoms with van der Waals surface area (Å²) in [6.07, 6.45) is 0.287. The molecule has 0 aliphatic heterocycles. The summed E-state index contributed by atoms with van der Waals surface area (Å²) in [5.74, 6) is -0.864. The van der Waals surface area contributed by atoms with Gasteiger partial charge in [0.2, 0.25) is 0 Å². The molecule has 0 saturated carbocycles. The molecule has 0 heterocycles. The van der Waals surface area contributed by atoms with E-state index in [1.165, 1.54) is 0 Å². The van der Waals surface area contributed by atoms with Crippen molar-refractivity contribution in [2.45, 2.75) is 52.7 Å². The van der Waals surface area contributed by atoms with Gasteiger partial charge in [0.25, 0.3) is 0 Å². The van der Waals surface area contributed by atoms with Gasteiger partial charge in [0.1, 0.15) is 6.10 Å². The lowest BCUT2D eigenvalue weighted by Crippen LogP contribution is -2.18. The lowest BCUT2D eigenvalue weighted by atomic mass is 10.3. The van der Waals surface area contributed by atoms with E-state index in [2.05, 4.69) is 13.2 Å². The van der Waals surface area contributed by atoms with Crippen LogP contribution < -0.4 is 0 Å². The van der Waals surface area contributed by atoms with E-state index in [0.717, 1.165) is 0 Å². The first kappa shape index (κ1) is 22.6. The van der Waals surface area contributed by atoms with E-state index in [0.29, 0.717) is 24.0 Å². The van der Waals surface area contributed by atoms with Crippen LogP contribution in [0.25, 0.3) is 0 Å². The Hall–Kier alpha value is -1.66. The Morgan fingerprint density at radius 2 is 1.55 bits per heavy atom. The van der Waals surface area contributed by atoms with Crippen LogP contribution in [0.15, 0.2) is 24.3 Å². The molecule has 0 aliphatic carbocycles. The molecule has 0 aromatic rings. The maximum absolute atomic E-state index is 11.1. The molecule has 6 heteroatoms. The third-order valence-electron chi connectivity index (χ3n) is 2.31. The molecule has 6 nitrogen and oxygen atoms in total. The first-order chi connectivity index (χ1) is 10.1. The smallest absolute Gasteiger partial charge is 0.333 e. The van der Waals surface area contributed by atoms with Crippen LogP contribution in [0.3, 0.4) is 0 Å². The molecule has 0 rings (SSSR count). The molecular weight excluding hydrogens is 288 g/mol. The van der Waals surface area contributed by atoms with Gasteiger partial charge in [-0.25, -0.2) is 9.59 Å². The second kappa shape index (κ2) is 13.0. The molecule has 2 unspecified atom stereocenters. The molecule has 2 N–H and O–H groups in total. The minimum absolute atomic E-state index is 0.0810. The maximum Gasteiger partial charge on any atom is 0.333 e. The number of esters is 2. The zero-order valence-electron chi connectivity index (χ0n) is 13.9. The maximum atomic E-state index is 11.1. The van der Waals surface area contributed by atoms with E-state index >= 15 is 0 Å². The van der Waals surface area contributed by atoms with Crippen molar-refractivity contribution < 1.29 is 29.3 Å². The number of carbonyl (C=O) groups excluding carboxylic acids is 2. The summed E-state index contributed by atoms with van der Waals surface area (Å²) in [4.78, 5) is 22.1. The van der Waals surface area contributed by atoms with Gasteiger partial charge >= 0.3 is 11.9 Å². The van der Waals surface area contributed by atoms with Crippen LogP contribution in [-0.2, 0) is 19.1 Å². The van der Waals surface area contributed by atoms with Crippen molar-refractivity contribution in [3.63, 3.8) is 0 Å². The predicted molar refractivity (Wildman–Crippen MR) is 84.1 cm³/mol. The predicted octanol–water partition coefficient (Wildman–Crippen LogP) is 1.75. The Morgan fingerprint density at radius 1 is 1.05 bits per heavy atom. The summed E-state index contributed by atoms with van der Waals surface area (Å²) in [6.45, 7) is 13.7. The highest BCUT2D eigenvalue weighted by Gasteiger charge is 2.11. The van der Waals surface area contributed by atoms with Gasteiger partial charge in [-0.15, -0.1) is 0 Å². The van der Waals surface area contributed by atoms with Gasteiger partial charge in [0, 0.05) is 24.2 Å². The van der Waals surface area contributed by atoms with Crippen molar-refractivity contribution in [3.05, 3.63) is 24.3 Å². The van der Waals surface area contributed by atoms with Crippen LogP contribution >= 0.6 is 0 Å². The molecular formula is C16H28O6. The van der Waals surface area contributed by atoms with Crippen LogP contribution in [0.4, 0.5) is 0 Å². The largest absolute Gasteiger partial charge is 0.462 e. The number of aliphatic hydroxyl groups excluding tert-OH is 2. The fraction of sp³-hybridized carbons (Fsp3) is 0.625. The van der Waals surface area contributed by atoms with E-state index in [1.807, 2.05) is 0 Å². The summed E-state index contributed by atoms with van der Waals surface area (Å²) in [6, 6.07) is 0. The third kappa shape index (κ3) is 14.7. The lowest BCUT2D eigenvalue weighted by molar-refractivity contribution is -0.145. The molecule has 22 heavy (non-hydrogen) atoms. The summed E-state index contributed by atoms with van der Waals surface area (Å²) in [5, 5.41) is 16.5. The average Bonchev–Trinajstić information content (AvgIpc) is 2.38. The quantitative estimate of drug-likeness (QED) is 0.523. The molecule has 0 bridgehead atoms. The Labute approximate surface area is 132 Å². The van der Waals surface area contributed by atoms with Crippen LogP contribution in [-0.4, -0.2) is 47.6 Å². The zero-order chi connectivity index (χ0) is 17.7. The average molecular weight is 316 g/mol. The van der Waals surface area contributed by atoms with Gasteiger partial charge in [0.05, 0.1) is 12.7 Å². The topological polar surface area (TPSA) is 93.1 Å². The Bertz CT molecular complexity index is 373. The second-order valence-corrected chi connectivity index (χ2v) is 5.06. The van der Waals surface area contributed by atoms with Crippen molar-refractivity contribution in [1.82, 2.24) is 0 Å². The molecule has 0 radical (unpaired) electrons. The summed E-state index contributed by atoms with van der Waals surface area (Å²) >= 11 is 0. The number of ether oxygens (including phenoxy) is 2. The molecule has 2 atom stereocenters. The van der Waals surface area contributed by atoms with Gasteiger partial charge in [-0.1, -0.05) is 13.2 Å². The zero-order valence-corrected chi connectivity index (χ0v) is 13.9. The van der Waals surface area contributed by atoms with Crippen molar-refractivity contribution in [2.75, 3.05) is 13.2 Å². The minimum Gasteiger partial charge on any atom is -0.462 e. The molecule has 0 aromatic carbocycles. The van der Waals surface area contributed by atoms with Crippen molar-refractivity contribution in [1.29, 1.82) is 0 Å². The molecule has 128 valence electrons. The van der Waals surface area contributed by atoms with Gasteiger partial charge in [-0.2, -0.15) is 0 Å². The first-order valence-electron chi connectivity index (χ1n) is 7.09. The SMILES string of the molecule is C=C(C)C(=O)OCCC(C)OC(=O)C(=C)C.CC(O)CCO. The molecule has 0 amide bonds. The number of rotatable bonds is 8. The van der Waals surface area contributed by atoms with Gasteiger partial charge in [0.15, 0.2) is 0 Å². The Kier molecular flexibility index (Phi) is 13.4. The van der Waals surface area contributed by atoms with Crippen LogP contribution in [0, 0.1) is 0 Å². The van der Waals surface area contributed by atoms with E-state index in [9.17, 15) is 9.59 Å². The number of hydrogen-bond acceptors (Lipinski definition) is 6. The normalized spacial score (nSPS) is 12.3. The fourth-order valence-corrected chi connectivity index (χ4v) is 0.970. The van der Waals surface area contributed by atoms with Crippen LogP contribution in [0.2, 0.25) is 0 Å². The van der Waals surface area contributed by atoms with Crippen molar-refractivity contribution in [3.8, 4) is 0 Å². The van der Waals surface area contributed by atoms with Crippen molar-refractivity contribution >= 4 is 11.9 Å². The van der Waals surface area contributed by atoms with Crippen LogP contribution in [0.5, 0.6) is 0 Å². The molecule has 0 spiro atoms. The third-order valence-corrected chi connectivity index (χ3v) is 2.31. The highest BCUT2D eigenvalue weighted by molar-refractivity contribution is 5.87. The highest BCUT2D eigenvalue weighted by atomic mass is 16.6. The molecule has 0 saturated heterocycles. The summed E-state index contributed by atoms with van der Waals surface area (Å²) < 4.78 is 9.87. The summed E-state index contributed by atoms with van der Waals surface area (Å²) in [5.41, 5.74) is 0.706. The number of hydrogen-bond donors (Lipinski definition) is 2. The van der Waals surface area contributed by atoms with E-state index in [4.69, 9.17) is 19.7 Å². The lowest BCUT2D eigenvalue weighted by Gasteiger charge is -2.13. The standard InChI is InChI=1S/C12H18O4.C4H10O2/c1-8(2)11(13)15-7-6-10(5)16-12(14)9(3)4;1-4(6)2-3-5/h10H,1,3,6-7H2,2,4-5H3;4-6H,2-3H2,1H3. The Balaban J connectivity index is 0.